The lowest BCUT2D eigenvalue weighted by Gasteiger charge is -2.14. The third-order valence-electron chi connectivity index (χ3n) is 4.51. The highest BCUT2D eigenvalue weighted by Crippen LogP contribution is 2.15. The molecule has 1 N–H and O–H groups in total. The van der Waals surface area contributed by atoms with E-state index in [-0.39, 0.29) is 36.1 Å². The van der Waals surface area contributed by atoms with Crippen LogP contribution in [0.3, 0.4) is 0 Å². The van der Waals surface area contributed by atoms with Crippen molar-refractivity contribution in [3.8, 4) is 5.75 Å². The van der Waals surface area contributed by atoms with Gasteiger partial charge < -0.3 is 19.4 Å². The van der Waals surface area contributed by atoms with Crippen LogP contribution in [0.4, 0.5) is 4.39 Å². The van der Waals surface area contributed by atoms with Gasteiger partial charge in [-0.3, -0.25) is 9.59 Å². The van der Waals surface area contributed by atoms with Gasteiger partial charge in [-0.25, -0.2) is 4.39 Å². The van der Waals surface area contributed by atoms with Gasteiger partial charge in [0.25, 0.3) is 11.5 Å². The molecule has 1 saturated heterocycles. The first-order chi connectivity index (χ1) is 13.1. The monoisotopic (exact) mass is 374 g/mol. The van der Waals surface area contributed by atoms with E-state index in [2.05, 4.69) is 5.32 Å². The molecule has 0 bridgehead atoms. The highest BCUT2D eigenvalue weighted by atomic mass is 19.1. The van der Waals surface area contributed by atoms with Crippen molar-refractivity contribution in [2.24, 2.45) is 0 Å². The van der Waals surface area contributed by atoms with Crippen LogP contribution in [0.25, 0.3) is 0 Å². The van der Waals surface area contributed by atoms with Gasteiger partial charge in [0, 0.05) is 12.8 Å². The van der Waals surface area contributed by atoms with Gasteiger partial charge in [-0.2, -0.15) is 0 Å². The van der Waals surface area contributed by atoms with Crippen molar-refractivity contribution in [1.82, 2.24) is 9.88 Å². The summed E-state index contributed by atoms with van der Waals surface area (Å²) >= 11 is 0. The van der Waals surface area contributed by atoms with Crippen molar-refractivity contribution in [2.45, 2.75) is 32.4 Å². The summed E-state index contributed by atoms with van der Waals surface area (Å²) in [4.78, 5) is 25.2. The Kier molecular flexibility index (Phi) is 6.24. The van der Waals surface area contributed by atoms with Gasteiger partial charge in [0.2, 0.25) is 0 Å². The second-order valence-electron chi connectivity index (χ2n) is 6.50. The minimum Gasteiger partial charge on any atom is -0.489 e. The topological polar surface area (TPSA) is 69.6 Å². The van der Waals surface area contributed by atoms with Gasteiger partial charge in [0.1, 0.15) is 12.2 Å². The fourth-order valence-corrected chi connectivity index (χ4v) is 3.07. The summed E-state index contributed by atoms with van der Waals surface area (Å²) in [5.41, 5.74) is 0.385. The minimum atomic E-state index is -0.462. The molecule has 2 aromatic rings. The average Bonchev–Trinajstić information content (AvgIpc) is 3.16. The molecule has 1 fully saturated rings. The number of hydrogen-bond acceptors (Lipinski definition) is 4. The molecule has 2 heterocycles. The first-order valence-corrected chi connectivity index (χ1v) is 9.03. The van der Waals surface area contributed by atoms with E-state index in [0.29, 0.717) is 18.7 Å². The Morgan fingerprint density at radius 3 is 2.93 bits per heavy atom. The fraction of sp³-hybridized carbons (Fsp3) is 0.400. The number of carbonyl (C=O) groups is 1. The Morgan fingerprint density at radius 2 is 2.19 bits per heavy atom. The highest BCUT2D eigenvalue weighted by Gasteiger charge is 2.20. The Morgan fingerprint density at radius 1 is 1.37 bits per heavy atom. The van der Waals surface area contributed by atoms with Gasteiger partial charge in [-0.1, -0.05) is 12.1 Å². The molecule has 1 amide bonds. The molecule has 27 heavy (non-hydrogen) atoms. The lowest BCUT2D eigenvalue weighted by atomic mass is 10.1. The summed E-state index contributed by atoms with van der Waals surface area (Å²) in [6.07, 6.45) is 3.60. The van der Waals surface area contributed by atoms with E-state index in [1.807, 2.05) is 0 Å². The normalized spacial score (nSPS) is 16.3. The fourth-order valence-electron chi connectivity index (χ4n) is 3.07. The number of aryl methyl sites for hydroxylation is 1. The molecule has 1 aromatic heterocycles. The maximum atomic E-state index is 13.5. The quantitative estimate of drug-likeness (QED) is 0.755. The number of pyridine rings is 1. The number of carbonyl (C=O) groups excluding carboxylic acids is 1. The van der Waals surface area contributed by atoms with E-state index in [4.69, 9.17) is 9.47 Å². The molecule has 144 valence electrons. The molecular formula is C20H23FN2O4. The van der Waals surface area contributed by atoms with Crippen LogP contribution >= 0.6 is 0 Å². The number of ether oxygens (including phenoxy) is 2. The minimum absolute atomic E-state index is 0.00971. The Bertz CT molecular complexity index is 859. The number of nitrogens with zero attached hydrogens (tertiary/aromatic N) is 1. The first kappa shape index (κ1) is 19.1. The third-order valence-corrected chi connectivity index (χ3v) is 4.51. The van der Waals surface area contributed by atoms with Crippen LogP contribution in [0.15, 0.2) is 41.3 Å². The van der Waals surface area contributed by atoms with Gasteiger partial charge in [0.15, 0.2) is 11.6 Å². The molecule has 0 spiro atoms. The molecule has 6 nitrogen and oxygen atoms in total. The first-order valence-electron chi connectivity index (χ1n) is 9.03. The zero-order valence-corrected chi connectivity index (χ0v) is 15.2. The Labute approximate surface area is 156 Å². The van der Waals surface area contributed by atoms with Crippen molar-refractivity contribution in [3.05, 3.63) is 63.8 Å². The largest absolute Gasteiger partial charge is 0.489 e. The van der Waals surface area contributed by atoms with Crippen molar-refractivity contribution < 1.29 is 18.7 Å². The third kappa shape index (κ3) is 4.74. The molecule has 0 aliphatic carbocycles. The van der Waals surface area contributed by atoms with E-state index in [1.165, 1.54) is 16.7 Å². The molecule has 1 atom stereocenters. The van der Waals surface area contributed by atoms with Crippen LogP contribution < -0.4 is 15.6 Å². The number of rotatable bonds is 7. The number of para-hydroxylation sites is 1. The van der Waals surface area contributed by atoms with Crippen LogP contribution in [0.2, 0.25) is 0 Å². The summed E-state index contributed by atoms with van der Waals surface area (Å²) in [6.45, 7) is 3.13. The molecule has 0 radical (unpaired) electrons. The predicted octanol–water partition coefficient (Wildman–Crippen LogP) is 2.28. The molecule has 1 unspecified atom stereocenters. The lowest BCUT2D eigenvalue weighted by Crippen LogP contribution is -2.37. The number of hydrogen-bond donors (Lipinski definition) is 1. The summed E-state index contributed by atoms with van der Waals surface area (Å²) in [5, 5.41) is 2.66. The summed E-state index contributed by atoms with van der Waals surface area (Å²) in [5.74, 6) is -0.794. The second kappa shape index (κ2) is 8.81. The van der Waals surface area contributed by atoms with E-state index in [1.54, 1.807) is 31.3 Å². The SMILES string of the molecule is Cc1ccn(CC2CCCO2)c(=O)c1C(=O)NCCOc1ccccc1F. The number of amides is 1. The Hall–Kier alpha value is -2.67. The smallest absolute Gasteiger partial charge is 0.263 e. The zero-order chi connectivity index (χ0) is 19.2. The van der Waals surface area contributed by atoms with Crippen molar-refractivity contribution in [3.63, 3.8) is 0 Å². The maximum absolute atomic E-state index is 13.5. The van der Waals surface area contributed by atoms with Crippen LogP contribution in [-0.2, 0) is 11.3 Å². The van der Waals surface area contributed by atoms with E-state index in [9.17, 15) is 14.0 Å². The van der Waals surface area contributed by atoms with Crippen LogP contribution in [-0.4, -0.2) is 36.3 Å². The summed E-state index contributed by atoms with van der Waals surface area (Å²) in [7, 11) is 0. The van der Waals surface area contributed by atoms with E-state index < -0.39 is 11.7 Å². The summed E-state index contributed by atoms with van der Waals surface area (Å²) in [6, 6.07) is 7.81. The standard InChI is InChI=1S/C20H23FN2O4/c1-14-8-10-23(13-15-5-4-11-26-15)20(25)18(14)19(24)22-9-12-27-17-7-3-2-6-16(17)21/h2-3,6-8,10,15H,4-5,9,11-13H2,1H3,(H,22,24). The molecule has 1 aliphatic rings. The summed E-state index contributed by atoms with van der Waals surface area (Å²) < 4.78 is 25.9. The van der Waals surface area contributed by atoms with E-state index >= 15 is 0 Å². The predicted molar refractivity (Wildman–Crippen MR) is 98.6 cm³/mol. The maximum Gasteiger partial charge on any atom is 0.263 e. The van der Waals surface area contributed by atoms with Gasteiger partial charge in [-0.05, 0) is 43.5 Å². The molecular weight excluding hydrogens is 351 g/mol. The Balaban J connectivity index is 1.60. The molecule has 0 saturated carbocycles. The highest BCUT2D eigenvalue weighted by molar-refractivity contribution is 5.95. The van der Waals surface area contributed by atoms with E-state index in [0.717, 1.165) is 12.8 Å². The second-order valence-corrected chi connectivity index (χ2v) is 6.50. The number of nitrogens with one attached hydrogen (secondary N) is 1. The van der Waals surface area contributed by atoms with Gasteiger partial charge in [-0.15, -0.1) is 0 Å². The van der Waals surface area contributed by atoms with Gasteiger partial charge in [0.05, 0.1) is 19.2 Å². The number of benzene rings is 1. The van der Waals surface area contributed by atoms with Crippen LogP contribution in [0.1, 0.15) is 28.8 Å². The van der Waals surface area contributed by atoms with Crippen molar-refractivity contribution >= 4 is 5.91 Å². The lowest BCUT2D eigenvalue weighted by molar-refractivity contribution is 0.0925. The van der Waals surface area contributed by atoms with Crippen LogP contribution in [0.5, 0.6) is 5.75 Å². The van der Waals surface area contributed by atoms with Gasteiger partial charge >= 0.3 is 0 Å². The number of halogens is 1. The molecule has 1 aliphatic heterocycles. The zero-order valence-electron chi connectivity index (χ0n) is 15.2. The van der Waals surface area contributed by atoms with Crippen molar-refractivity contribution in [1.29, 1.82) is 0 Å². The van der Waals surface area contributed by atoms with Crippen molar-refractivity contribution in [2.75, 3.05) is 19.8 Å². The van der Waals surface area contributed by atoms with Crippen LogP contribution in [0, 0.1) is 12.7 Å². The molecule has 7 heteroatoms. The molecule has 3 rings (SSSR count). The average molecular weight is 374 g/mol. The number of aromatic nitrogens is 1. The molecule has 1 aromatic carbocycles.